The highest BCUT2D eigenvalue weighted by Gasteiger charge is 2.31. The van der Waals surface area contributed by atoms with Crippen LogP contribution in [-0.4, -0.2) is 11.6 Å². The fourth-order valence-corrected chi connectivity index (χ4v) is 2.43. The molecular formula is C16H11F3N2O. The normalized spacial score (nSPS) is 14.5. The topological polar surface area (TPSA) is 55.4 Å². The van der Waals surface area contributed by atoms with Crippen molar-refractivity contribution >= 4 is 17.3 Å². The summed E-state index contributed by atoms with van der Waals surface area (Å²) in [6.45, 7) is 0. The highest BCUT2D eigenvalue weighted by atomic mass is 19.4. The summed E-state index contributed by atoms with van der Waals surface area (Å²) in [4.78, 5) is 16.0. The van der Waals surface area contributed by atoms with E-state index in [9.17, 15) is 18.0 Å². The van der Waals surface area contributed by atoms with E-state index in [-0.39, 0.29) is 12.0 Å². The number of nitrogens with two attached hydrogens (primary N) is 1. The lowest BCUT2D eigenvalue weighted by molar-refractivity contribution is -0.137. The highest BCUT2D eigenvalue weighted by molar-refractivity contribution is 6.15. The van der Waals surface area contributed by atoms with Gasteiger partial charge in [0, 0.05) is 17.7 Å². The van der Waals surface area contributed by atoms with Crippen LogP contribution in [0.25, 0.3) is 0 Å². The van der Waals surface area contributed by atoms with Crippen LogP contribution in [0, 0.1) is 0 Å². The second-order valence-electron chi connectivity index (χ2n) is 4.99. The van der Waals surface area contributed by atoms with E-state index in [0.717, 1.165) is 12.1 Å². The van der Waals surface area contributed by atoms with Crippen molar-refractivity contribution < 1.29 is 18.0 Å². The van der Waals surface area contributed by atoms with Crippen molar-refractivity contribution in [3.05, 3.63) is 64.7 Å². The number of benzene rings is 2. The van der Waals surface area contributed by atoms with E-state index in [0.29, 0.717) is 22.5 Å². The Bertz CT molecular complexity index is 794. The number of alkyl halides is 3. The first-order valence-corrected chi connectivity index (χ1v) is 6.53. The van der Waals surface area contributed by atoms with E-state index in [1.54, 1.807) is 18.2 Å². The predicted octanol–water partition coefficient (Wildman–Crippen LogP) is 3.47. The molecule has 0 saturated carbocycles. The van der Waals surface area contributed by atoms with Gasteiger partial charge < -0.3 is 5.73 Å². The van der Waals surface area contributed by atoms with Crippen molar-refractivity contribution in [2.45, 2.75) is 12.6 Å². The molecule has 1 heterocycles. The summed E-state index contributed by atoms with van der Waals surface area (Å²) in [5.74, 6) is -0.485. The Labute approximate surface area is 124 Å². The van der Waals surface area contributed by atoms with Gasteiger partial charge in [0.05, 0.1) is 11.3 Å². The first kappa shape index (κ1) is 14.3. The molecule has 22 heavy (non-hydrogen) atoms. The van der Waals surface area contributed by atoms with Crippen molar-refractivity contribution in [1.82, 2.24) is 0 Å². The molecule has 2 N–H and O–H groups in total. The molecule has 0 unspecified atom stereocenters. The molecule has 2 aromatic carbocycles. The van der Waals surface area contributed by atoms with Gasteiger partial charge in [0.1, 0.15) is 0 Å². The van der Waals surface area contributed by atoms with Crippen molar-refractivity contribution in [3.8, 4) is 0 Å². The van der Waals surface area contributed by atoms with Crippen LogP contribution >= 0.6 is 0 Å². The minimum atomic E-state index is -4.44. The lowest BCUT2D eigenvalue weighted by Gasteiger charge is -2.17. The van der Waals surface area contributed by atoms with Crippen LogP contribution in [0.15, 0.2) is 47.5 Å². The number of rotatable bonds is 1. The first-order valence-electron chi connectivity index (χ1n) is 6.53. The van der Waals surface area contributed by atoms with Gasteiger partial charge >= 0.3 is 6.18 Å². The number of halogens is 3. The summed E-state index contributed by atoms with van der Waals surface area (Å²) in [6.07, 6.45) is -4.21. The van der Waals surface area contributed by atoms with Gasteiger partial charge in [-0.15, -0.1) is 0 Å². The maximum Gasteiger partial charge on any atom is 0.416 e. The van der Waals surface area contributed by atoms with Crippen LogP contribution in [0.5, 0.6) is 0 Å². The second-order valence-corrected chi connectivity index (χ2v) is 4.99. The van der Waals surface area contributed by atoms with E-state index in [1.165, 1.54) is 12.1 Å². The van der Waals surface area contributed by atoms with Crippen LogP contribution in [-0.2, 0) is 12.6 Å². The van der Waals surface area contributed by atoms with Gasteiger partial charge in [0.15, 0.2) is 0 Å². The molecule has 3 nitrogen and oxygen atoms in total. The number of anilines is 1. The summed E-state index contributed by atoms with van der Waals surface area (Å²) < 4.78 is 38.4. The van der Waals surface area contributed by atoms with Gasteiger partial charge in [0.25, 0.3) is 5.91 Å². The molecule has 0 spiro atoms. The Balaban J connectivity index is 2.05. The fourth-order valence-electron chi connectivity index (χ4n) is 2.43. The zero-order chi connectivity index (χ0) is 15.9. The van der Waals surface area contributed by atoms with Crippen molar-refractivity contribution in [2.24, 2.45) is 4.99 Å². The quantitative estimate of drug-likeness (QED) is 0.820. The molecule has 0 aromatic heterocycles. The Hall–Kier alpha value is -2.63. The molecule has 2 aromatic rings. The Kier molecular flexibility index (Phi) is 3.24. The SMILES string of the molecule is Nc1cccc2c1CC(c1cccc(C(F)(F)F)c1)=NC2=O. The largest absolute Gasteiger partial charge is 0.416 e. The predicted molar refractivity (Wildman–Crippen MR) is 76.9 cm³/mol. The van der Waals surface area contributed by atoms with Gasteiger partial charge in [-0.05, 0) is 35.4 Å². The number of fused-ring (bicyclic) bond motifs is 1. The number of hydrogen-bond acceptors (Lipinski definition) is 2. The van der Waals surface area contributed by atoms with Crippen molar-refractivity contribution in [3.63, 3.8) is 0 Å². The lowest BCUT2D eigenvalue weighted by atomic mass is 9.93. The number of nitrogen functional groups attached to an aromatic ring is 1. The number of carbonyl (C=O) groups is 1. The van der Waals surface area contributed by atoms with E-state index in [4.69, 9.17) is 5.73 Å². The van der Waals surface area contributed by atoms with Crippen LogP contribution in [0.4, 0.5) is 18.9 Å². The van der Waals surface area contributed by atoms with Crippen LogP contribution in [0.3, 0.4) is 0 Å². The molecule has 112 valence electrons. The Morgan fingerprint density at radius 3 is 2.55 bits per heavy atom. The summed E-state index contributed by atoms with van der Waals surface area (Å²) >= 11 is 0. The van der Waals surface area contributed by atoms with Crippen LogP contribution in [0.2, 0.25) is 0 Å². The summed E-state index contributed by atoms with van der Waals surface area (Å²) in [5.41, 5.74) is 7.09. The maximum atomic E-state index is 12.8. The van der Waals surface area contributed by atoms with Crippen LogP contribution in [0.1, 0.15) is 27.0 Å². The zero-order valence-electron chi connectivity index (χ0n) is 11.3. The average Bonchev–Trinajstić information content (AvgIpc) is 2.47. The van der Waals surface area contributed by atoms with Gasteiger partial charge in [0.2, 0.25) is 0 Å². The number of amides is 1. The van der Waals surface area contributed by atoms with E-state index >= 15 is 0 Å². The van der Waals surface area contributed by atoms with Gasteiger partial charge in [-0.3, -0.25) is 4.79 Å². The second kappa shape index (κ2) is 4.98. The monoisotopic (exact) mass is 304 g/mol. The molecule has 0 saturated heterocycles. The Morgan fingerprint density at radius 1 is 1.09 bits per heavy atom. The summed E-state index contributed by atoms with van der Waals surface area (Å²) in [6, 6.07) is 9.70. The first-order chi connectivity index (χ1) is 10.4. The molecule has 0 atom stereocenters. The average molecular weight is 304 g/mol. The minimum Gasteiger partial charge on any atom is -0.398 e. The summed E-state index contributed by atoms with van der Waals surface area (Å²) in [7, 11) is 0. The van der Waals surface area contributed by atoms with Crippen molar-refractivity contribution in [2.75, 3.05) is 5.73 Å². The molecule has 0 aliphatic carbocycles. The highest BCUT2D eigenvalue weighted by Crippen LogP contribution is 2.31. The van der Waals surface area contributed by atoms with Crippen molar-refractivity contribution in [1.29, 1.82) is 0 Å². The minimum absolute atomic E-state index is 0.231. The number of carbonyl (C=O) groups excluding carboxylic acids is 1. The van der Waals surface area contributed by atoms with E-state index < -0.39 is 17.6 Å². The van der Waals surface area contributed by atoms with Gasteiger partial charge in [-0.25, -0.2) is 4.99 Å². The smallest absolute Gasteiger partial charge is 0.398 e. The molecular weight excluding hydrogens is 293 g/mol. The molecule has 1 aliphatic rings. The molecule has 0 fully saturated rings. The Morgan fingerprint density at radius 2 is 1.82 bits per heavy atom. The molecule has 6 heteroatoms. The zero-order valence-corrected chi connectivity index (χ0v) is 11.3. The third kappa shape index (κ3) is 2.47. The van der Waals surface area contributed by atoms with E-state index in [1.807, 2.05) is 0 Å². The third-order valence-electron chi connectivity index (χ3n) is 3.55. The van der Waals surface area contributed by atoms with Gasteiger partial charge in [-0.2, -0.15) is 13.2 Å². The molecule has 0 radical (unpaired) electrons. The third-order valence-corrected chi connectivity index (χ3v) is 3.55. The fraction of sp³-hybridized carbons (Fsp3) is 0.125. The maximum absolute atomic E-state index is 12.8. The van der Waals surface area contributed by atoms with Gasteiger partial charge in [-0.1, -0.05) is 18.2 Å². The molecule has 3 rings (SSSR count). The standard InChI is InChI=1S/C16H11F3N2O/c17-16(18,19)10-4-1-3-9(7-10)14-8-12-11(15(22)21-14)5-2-6-13(12)20/h1-7H,8,20H2. The van der Waals surface area contributed by atoms with Crippen LogP contribution < -0.4 is 5.73 Å². The summed E-state index contributed by atoms with van der Waals surface area (Å²) in [5, 5.41) is 0. The molecule has 0 bridgehead atoms. The van der Waals surface area contributed by atoms with E-state index in [2.05, 4.69) is 4.99 Å². The molecule has 1 amide bonds. The number of aliphatic imine (C=N–C) groups is 1. The number of nitrogens with zero attached hydrogens (tertiary/aromatic N) is 1. The number of hydrogen-bond donors (Lipinski definition) is 1. The molecule has 1 aliphatic heterocycles. The lowest BCUT2D eigenvalue weighted by Crippen LogP contribution is -2.19.